The summed E-state index contributed by atoms with van der Waals surface area (Å²) in [6.45, 7) is 10.3. The van der Waals surface area contributed by atoms with Crippen LogP contribution in [0.5, 0.6) is 0 Å². The van der Waals surface area contributed by atoms with E-state index < -0.39 is 6.04 Å². The van der Waals surface area contributed by atoms with Crippen molar-refractivity contribution in [2.24, 2.45) is 16.7 Å². The Kier molecular flexibility index (Phi) is 5.72. The van der Waals surface area contributed by atoms with Crippen LogP contribution in [0.15, 0.2) is 54.6 Å². The first-order valence-corrected chi connectivity index (χ1v) is 12.1. The Morgan fingerprint density at radius 2 is 1.56 bits per heavy atom. The van der Waals surface area contributed by atoms with Crippen molar-refractivity contribution in [1.82, 2.24) is 4.90 Å². The number of halogens is 1. The summed E-state index contributed by atoms with van der Waals surface area (Å²) >= 11 is 2.19. The molecule has 0 spiro atoms. The zero-order chi connectivity index (χ0) is 23.4. The molecule has 0 N–H and O–H groups in total. The second kappa shape index (κ2) is 7.97. The summed E-state index contributed by atoms with van der Waals surface area (Å²) in [4.78, 5) is 43.4. The number of anilines is 1. The molecule has 1 aliphatic heterocycles. The van der Waals surface area contributed by atoms with Gasteiger partial charge in [-0.05, 0) is 70.2 Å². The fraction of sp³-hybridized carbons (Fsp3) is 0.423. The third-order valence-corrected chi connectivity index (χ3v) is 8.48. The van der Waals surface area contributed by atoms with E-state index in [2.05, 4.69) is 50.3 Å². The van der Waals surface area contributed by atoms with E-state index in [4.69, 9.17) is 0 Å². The smallest absolute Gasteiger partial charge is 0.257 e. The van der Waals surface area contributed by atoms with Crippen LogP contribution in [0.25, 0.3) is 0 Å². The Morgan fingerprint density at radius 1 is 1.00 bits per heavy atom. The standard InChI is InChI=1S/C26H29IN2O3/c1-16(17-9-7-6-8-10-17)28(24(32)22-25(2,3)26(22,4)5)20-15-21(30)29(23(20)31)19-13-11-18(27)12-14-19/h6-14,16,20,22H,15H2,1-5H3. The van der Waals surface area contributed by atoms with E-state index in [1.54, 1.807) is 17.0 Å². The Bertz CT molecular complexity index is 1050. The normalized spacial score (nSPS) is 22.7. The molecule has 5 nitrogen and oxygen atoms in total. The maximum absolute atomic E-state index is 13.9. The highest BCUT2D eigenvalue weighted by Gasteiger charge is 2.69. The van der Waals surface area contributed by atoms with E-state index in [-0.39, 0.29) is 46.9 Å². The third-order valence-electron chi connectivity index (χ3n) is 7.76. The van der Waals surface area contributed by atoms with E-state index >= 15 is 0 Å². The van der Waals surface area contributed by atoms with Crippen LogP contribution in [0.2, 0.25) is 0 Å². The molecule has 1 saturated carbocycles. The molecule has 3 amide bonds. The number of imide groups is 1. The minimum Gasteiger partial charge on any atom is -0.323 e. The average molecular weight is 544 g/mol. The van der Waals surface area contributed by atoms with Crippen LogP contribution >= 0.6 is 22.6 Å². The first-order chi connectivity index (χ1) is 15.0. The van der Waals surface area contributed by atoms with E-state index in [1.165, 1.54) is 4.90 Å². The zero-order valence-electron chi connectivity index (χ0n) is 19.1. The maximum atomic E-state index is 13.9. The predicted octanol–water partition coefficient (Wildman–Crippen LogP) is 5.20. The number of hydrogen-bond donors (Lipinski definition) is 0. The molecule has 1 aliphatic carbocycles. The number of hydrogen-bond acceptors (Lipinski definition) is 3. The minimum absolute atomic E-state index is 0.00130. The second-order valence-corrected chi connectivity index (χ2v) is 11.2. The molecule has 2 unspecified atom stereocenters. The van der Waals surface area contributed by atoms with Crippen molar-refractivity contribution in [2.75, 3.05) is 4.90 Å². The van der Waals surface area contributed by atoms with Crippen LogP contribution in [0, 0.1) is 20.3 Å². The summed E-state index contributed by atoms with van der Waals surface area (Å²) in [5, 5.41) is 0. The quantitative estimate of drug-likeness (QED) is 0.385. The van der Waals surface area contributed by atoms with Gasteiger partial charge in [-0.25, -0.2) is 4.90 Å². The molecular formula is C26H29IN2O3. The Labute approximate surface area is 203 Å². The summed E-state index contributed by atoms with van der Waals surface area (Å²) in [5.74, 6) is -0.847. The lowest BCUT2D eigenvalue weighted by atomic mass is 10.0. The first-order valence-electron chi connectivity index (χ1n) is 11.0. The van der Waals surface area contributed by atoms with Crippen molar-refractivity contribution < 1.29 is 14.4 Å². The van der Waals surface area contributed by atoms with Crippen molar-refractivity contribution in [3.8, 4) is 0 Å². The van der Waals surface area contributed by atoms with Crippen molar-refractivity contribution >= 4 is 46.0 Å². The lowest BCUT2D eigenvalue weighted by molar-refractivity contribution is -0.143. The fourth-order valence-corrected chi connectivity index (χ4v) is 5.52. The van der Waals surface area contributed by atoms with Gasteiger partial charge in [0.15, 0.2) is 0 Å². The second-order valence-electron chi connectivity index (χ2n) is 9.97. The van der Waals surface area contributed by atoms with E-state index in [9.17, 15) is 14.4 Å². The number of rotatable bonds is 5. The molecule has 4 rings (SSSR count). The molecular weight excluding hydrogens is 515 g/mol. The minimum atomic E-state index is -0.809. The highest BCUT2D eigenvalue weighted by atomic mass is 127. The van der Waals surface area contributed by atoms with Crippen molar-refractivity contribution in [3.63, 3.8) is 0 Å². The molecule has 2 aromatic carbocycles. The van der Waals surface area contributed by atoms with Gasteiger partial charge in [-0.2, -0.15) is 0 Å². The Hall–Kier alpha value is -2.22. The van der Waals surface area contributed by atoms with Gasteiger partial charge in [-0.3, -0.25) is 14.4 Å². The zero-order valence-corrected chi connectivity index (χ0v) is 21.3. The number of carbonyl (C=O) groups is 3. The summed E-state index contributed by atoms with van der Waals surface area (Å²) in [6, 6.07) is 15.9. The molecule has 2 aliphatic rings. The molecule has 2 fully saturated rings. The van der Waals surface area contributed by atoms with Gasteiger partial charge in [-0.1, -0.05) is 58.0 Å². The van der Waals surface area contributed by atoms with E-state index in [0.717, 1.165) is 9.13 Å². The molecule has 6 heteroatoms. The van der Waals surface area contributed by atoms with Crippen LogP contribution < -0.4 is 4.90 Å². The number of carbonyl (C=O) groups excluding carboxylic acids is 3. The first kappa shape index (κ1) is 23.0. The Morgan fingerprint density at radius 3 is 2.09 bits per heavy atom. The van der Waals surface area contributed by atoms with Gasteiger partial charge in [0.25, 0.3) is 5.91 Å². The number of nitrogens with zero attached hydrogens (tertiary/aromatic N) is 2. The Balaban J connectivity index is 1.72. The number of amides is 3. The lowest BCUT2D eigenvalue weighted by Gasteiger charge is -2.34. The van der Waals surface area contributed by atoms with Gasteiger partial charge < -0.3 is 4.90 Å². The van der Waals surface area contributed by atoms with E-state index in [1.807, 2.05) is 49.4 Å². The van der Waals surface area contributed by atoms with Gasteiger partial charge in [0.1, 0.15) is 6.04 Å². The van der Waals surface area contributed by atoms with Crippen LogP contribution in [-0.4, -0.2) is 28.7 Å². The van der Waals surface area contributed by atoms with Gasteiger partial charge in [0, 0.05) is 9.49 Å². The molecule has 0 aromatic heterocycles. The summed E-state index contributed by atoms with van der Waals surface area (Å²) in [7, 11) is 0. The van der Waals surface area contributed by atoms with Gasteiger partial charge >= 0.3 is 0 Å². The number of benzene rings is 2. The van der Waals surface area contributed by atoms with E-state index in [0.29, 0.717) is 5.69 Å². The van der Waals surface area contributed by atoms with Crippen LogP contribution in [0.4, 0.5) is 5.69 Å². The van der Waals surface area contributed by atoms with Crippen LogP contribution in [-0.2, 0) is 14.4 Å². The fourth-order valence-electron chi connectivity index (χ4n) is 5.16. The average Bonchev–Trinajstić information content (AvgIpc) is 2.98. The lowest BCUT2D eigenvalue weighted by Crippen LogP contribution is -2.48. The van der Waals surface area contributed by atoms with Crippen molar-refractivity contribution in [2.45, 2.75) is 53.1 Å². The predicted molar refractivity (Wildman–Crippen MR) is 133 cm³/mol. The highest BCUT2D eigenvalue weighted by Crippen LogP contribution is 2.69. The van der Waals surface area contributed by atoms with Gasteiger partial charge in [0.2, 0.25) is 11.8 Å². The summed E-state index contributed by atoms with van der Waals surface area (Å²) in [5.41, 5.74) is 1.17. The summed E-state index contributed by atoms with van der Waals surface area (Å²) in [6.07, 6.45) is 0.00130. The third kappa shape index (κ3) is 3.56. The molecule has 2 aromatic rings. The molecule has 2 atom stereocenters. The highest BCUT2D eigenvalue weighted by molar-refractivity contribution is 14.1. The van der Waals surface area contributed by atoms with Gasteiger partial charge in [-0.15, -0.1) is 0 Å². The molecule has 1 saturated heterocycles. The van der Waals surface area contributed by atoms with Crippen molar-refractivity contribution in [1.29, 1.82) is 0 Å². The molecule has 0 radical (unpaired) electrons. The van der Waals surface area contributed by atoms with Gasteiger partial charge in [0.05, 0.1) is 18.2 Å². The molecule has 1 heterocycles. The topological polar surface area (TPSA) is 57.7 Å². The molecule has 168 valence electrons. The van der Waals surface area contributed by atoms with Crippen LogP contribution in [0.1, 0.15) is 52.6 Å². The summed E-state index contributed by atoms with van der Waals surface area (Å²) < 4.78 is 1.02. The van der Waals surface area contributed by atoms with Crippen molar-refractivity contribution in [3.05, 3.63) is 63.7 Å². The maximum Gasteiger partial charge on any atom is 0.257 e. The molecule has 0 bridgehead atoms. The largest absolute Gasteiger partial charge is 0.323 e. The molecule has 32 heavy (non-hydrogen) atoms. The monoisotopic (exact) mass is 544 g/mol. The van der Waals surface area contributed by atoms with Crippen LogP contribution in [0.3, 0.4) is 0 Å². The SMILES string of the molecule is CC(c1ccccc1)N(C(=O)C1C(C)(C)C1(C)C)C1CC(=O)N(c2ccc(I)cc2)C1=O.